The molecule has 28 heavy (non-hydrogen) atoms. The van der Waals surface area contributed by atoms with E-state index in [2.05, 4.69) is 14.9 Å². The summed E-state index contributed by atoms with van der Waals surface area (Å²) < 4.78 is 44.2. The van der Waals surface area contributed by atoms with Gasteiger partial charge in [0, 0.05) is 18.1 Å². The minimum atomic E-state index is -3.88. The first-order chi connectivity index (χ1) is 13.4. The molecule has 0 unspecified atom stereocenters. The number of rotatable bonds is 7. The topological polar surface area (TPSA) is 104 Å². The summed E-state index contributed by atoms with van der Waals surface area (Å²) in [4.78, 5) is 4.37. The van der Waals surface area contributed by atoms with E-state index in [1.165, 1.54) is 20.3 Å². The lowest BCUT2D eigenvalue weighted by Gasteiger charge is -2.14. The Balaban J connectivity index is 1.99. The van der Waals surface area contributed by atoms with Crippen LogP contribution in [0.5, 0.6) is 11.5 Å². The van der Waals surface area contributed by atoms with Crippen molar-refractivity contribution in [3.8, 4) is 22.9 Å². The zero-order valence-corrected chi connectivity index (χ0v) is 16.8. The van der Waals surface area contributed by atoms with Crippen LogP contribution in [0, 0.1) is 6.92 Å². The van der Waals surface area contributed by atoms with E-state index in [9.17, 15) is 8.42 Å². The molecule has 1 N–H and O–H groups in total. The van der Waals surface area contributed by atoms with E-state index in [0.717, 1.165) is 0 Å². The van der Waals surface area contributed by atoms with Crippen molar-refractivity contribution in [2.75, 3.05) is 18.9 Å². The average Bonchev–Trinajstić information content (AvgIpc) is 3.17. The molecule has 148 valence electrons. The van der Waals surface area contributed by atoms with Gasteiger partial charge in [-0.05, 0) is 30.7 Å². The highest BCUT2D eigenvalue weighted by atomic mass is 32.2. The molecule has 0 fully saturated rings. The number of nitrogens with one attached hydrogen (secondary N) is 1. The number of nitrogens with zero attached hydrogens (tertiary/aromatic N) is 2. The van der Waals surface area contributed by atoms with E-state index >= 15 is 0 Å². The van der Waals surface area contributed by atoms with Crippen molar-refractivity contribution < 1.29 is 22.4 Å². The number of ether oxygens (including phenoxy) is 2. The van der Waals surface area contributed by atoms with Gasteiger partial charge in [0.15, 0.2) is 0 Å². The number of anilines is 1. The summed E-state index contributed by atoms with van der Waals surface area (Å²) in [6.07, 6.45) is 0.600. The minimum Gasteiger partial charge on any atom is -0.497 e. The Morgan fingerprint density at radius 2 is 1.89 bits per heavy atom. The molecule has 1 heterocycles. The summed E-state index contributed by atoms with van der Waals surface area (Å²) in [5.41, 5.74) is 1.44. The van der Waals surface area contributed by atoms with Crippen LogP contribution in [0.4, 0.5) is 5.69 Å². The largest absolute Gasteiger partial charge is 0.497 e. The molecule has 0 bridgehead atoms. The number of methoxy groups -OCH3 is 2. The highest BCUT2D eigenvalue weighted by molar-refractivity contribution is 7.92. The van der Waals surface area contributed by atoms with Crippen molar-refractivity contribution in [1.29, 1.82) is 0 Å². The summed E-state index contributed by atoms with van der Waals surface area (Å²) in [5, 5.41) is 3.91. The molecule has 0 aliphatic rings. The fourth-order valence-electron chi connectivity index (χ4n) is 2.63. The molecule has 8 nitrogen and oxygen atoms in total. The maximum absolute atomic E-state index is 13.0. The zero-order valence-electron chi connectivity index (χ0n) is 16.0. The second-order valence-corrected chi connectivity index (χ2v) is 7.67. The number of aryl methyl sites for hydroxylation is 2. The van der Waals surface area contributed by atoms with Gasteiger partial charge in [-0.15, -0.1) is 0 Å². The van der Waals surface area contributed by atoms with Gasteiger partial charge in [0.25, 0.3) is 10.0 Å². The highest BCUT2D eigenvalue weighted by Crippen LogP contribution is 2.32. The molecule has 0 saturated heterocycles. The lowest BCUT2D eigenvalue weighted by atomic mass is 10.1. The standard InChI is InChI=1S/C19H21N3O5S/c1-5-18-20-19(21-27-18)13-7-6-12(2)17(10-13)28(23,24)22-15-9-8-14(25-3)11-16(15)26-4/h6-11,22H,5H2,1-4H3. The van der Waals surface area contributed by atoms with Crippen LogP contribution in [0.2, 0.25) is 0 Å². The molecule has 3 aromatic rings. The fourth-order valence-corrected chi connectivity index (χ4v) is 3.97. The lowest BCUT2D eigenvalue weighted by molar-refractivity contribution is 0.383. The second-order valence-electron chi connectivity index (χ2n) is 6.02. The smallest absolute Gasteiger partial charge is 0.262 e. The van der Waals surface area contributed by atoms with Crippen LogP contribution >= 0.6 is 0 Å². The van der Waals surface area contributed by atoms with Crippen molar-refractivity contribution in [3.63, 3.8) is 0 Å². The third-order valence-corrected chi connectivity index (χ3v) is 5.67. The van der Waals surface area contributed by atoms with Gasteiger partial charge >= 0.3 is 0 Å². The van der Waals surface area contributed by atoms with Gasteiger partial charge in [0.1, 0.15) is 11.5 Å². The van der Waals surface area contributed by atoms with Crippen molar-refractivity contribution in [3.05, 3.63) is 47.9 Å². The predicted molar refractivity (Wildman–Crippen MR) is 104 cm³/mol. The Morgan fingerprint density at radius 3 is 2.54 bits per heavy atom. The molecule has 1 aromatic heterocycles. The van der Waals surface area contributed by atoms with Crippen LogP contribution < -0.4 is 14.2 Å². The summed E-state index contributed by atoms with van der Waals surface area (Å²) >= 11 is 0. The Morgan fingerprint density at radius 1 is 1.11 bits per heavy atom. The molecule has 3 rings (SSSR count). The number of hydrogen-bond donors (Lipinski definition) is 1. The number of sulfonamides is 1. The molecule has 0 amide bonds. The molecule has 0 spiro atoms. The predicted octanol–water partition coefficient (Wildman–Crippen LogP) is 3.43. The molecule has 0 aliphatic carbocycles. The Hall–Kier alpha value is -3.07. The summed E-state index contributed by atoms with van der Waals surface area (Å²) in [6.45, 7) is 3.62. The van der Waals surface area contributed by atoms with E-state index in [-0.39, 0.29) is 4.90 Å². The van der Waals surface area contributed by atoms with Gasteiger partial charge in [-0.25, -0.2) is 8.42 Å². The van der Waals surface area contributed by atoms with Gasteiger partial charge in [-0.3, -0.25) is 4.72 Å². The minimum absolute atomic E-state index is 0.116. The van der Waals surface area contributed by atoms with Crippen molar-refractivity contribution in [2.45, 2.75) is 25.2 Å². The first kappa shape index (κ1) is 19.7. The van der Waals surface area contributed by atoms with Crippen LogP contribution in [0.3, 0.4) is 0 Å². The van der Waals surface area contributed by atoms with Gasteiger partial charge in [0.05, 0.1) is 24.8 Å². The molecular weight excluding hydrogens is 382 g/mol. The number of aromatic nitrogens is 2. The molecular formula is C19H21N3O5S. The van der Waals surface area contributed by atoms with Crippen LogP contribution in [0.15, 0.2) is 45.8 Å². The first-order valence-electron chi connectivity index (χ1n) is 8.56. The van der Waals surface area contributed by atoms with E-state index < -0.39 is 10.0 Å². The summed E-state index contributed by atoms with van der Waals surface area (Å²) in [6, 6.07) is 9.82. The average molecular weight is 403 g/mol. The van der Waals surface area contributed by atoms with E-state index in [1.54, 1.807) is 37.3 Å². The van der Waals surface area contributed by atoms with Crippen molar-refractivity contribution in [1.82, 2.24) is 10.1 Å². The first-order valence-corrected chi connectivity index (χ1v) is 10.0. The molecule has 0 aliphatic heterocycles. The van der Waals surface area contributed by atoms with Crippen LogP contribution in [-0.4, -0.2) is 32.8 Å². The maximum atomic E-state index is 13.0. The molecule has 2 aromatic carbocycles. The third kappa shape index (κ3) is 3.94. The quantitative estimate of drug-likeness (QED) is 0.644. The van der Waals surface area contributed by atoms with Gasteiger partial charge in [-0.1, -0.05) is 24.2 Å². The maximum Gasteiger partial charge on any atom is 0.262 e. The SMILES string of the molecule is CCc1nc(-c2ccc(C)c(S(=O)(=O)Nc3ccc(OC)cc3OC)c2)no1. The van der Waals surface area contributed by atoms with Crippen molar-refractivity contribution >= 4 is 15.7 Å². The summed E-state index contributed by atoms with van der Waals surface area (Å²) in [5.74, 6) is 1.74. The third-order valence-electron chi connectivity index (χ3n) is 4.16. The van der Waals surface area contributed by atoms with Gasteiger partial charge < -0.3 is 14.0 Å². The normalized spacial score (nSPS) is 11.3. The second kappa shape index (κ2) is 7.89. The number of benzene rings is 2. The van der Waals surface area contributed by atoms with Crippen LogP contribution in [0.1, 0.15) is 18.4 Å². The van der Waals surface area contributed by atoms with E-state index in [4.69, 9.17) is 14.0 Å². The van der Waals surface area contributed by atoms with Gasteiger partial charge in [0.2, 0.25) is 11.7 Å². The Labute approximate surface area is 163 Å². The van der Waals surface area contributed by atoms with Crippen LogP contribution in [-0.2, 0) is 16.4 Å². The van der Waals surface area contributed by atoms with Gasteiger partial charge in [-0.2, -0.15) is 4.98 Å². The molecule has 0 atom stereocenters. The van der Waals surface area contributed by atoms with Crippen molar-refractivity contribution in [2.24, 2.45) is 0 Å². The number of hydrogen-bond acceptors (Lipinski definition) is 7. The molecule has 0 radical (unpaired) electrons. The molecule has 9 heteroatoms. The monoisotopic (exact) mass is 403 g/mol. The highest BCUT2D eigenvalue weighted by Gasteiger charge is 2.21. The zero-order chi connectivity index (χ0) is 20.3. The molecule has 0 saturated carbocycles. The fraction of sp³-hybridized carbons (Fsp3) is 0.263. The summed E-state index contributed by atoms with van der Waals surface area (Å²) in [7, 11) is -0.901. The van der Waals surface area contributed by atoms with E-state index in [1.807, 2.05) is 6.92 Å². The van der Waals surface area contributed by atoms with Crippen LogP contribution in [0.25, 0.3) is 11.4 Å². The Bertz CT molecular complexity index is 1090. The van der Waals surface area contributed by atoms with E-state index in [0.29, 0.717) is 46.4 Å². The lowest BCUT2D eigenvalue weighted by Crippen LogP contribution is -2.15. The Kier molecular flexibility index (Phi) is 5.55.